The molecule has 17 heavy (non-hydrogen) atoms. The molecule has 2 atom stereocenters. The second-order valence-corrected chi connectivity index (χ2v) is 5.07. The molecule has 1 aliphatic heterocycles. The molecule has 0 saturated carbocycles. The van der Waals surface area contributed by atoms with Gasteiger partial charge in [-0.25, -0.2) is 0 Å². The molecule has 1 heterocycles. The van der Waals surface area contributed by atoms with E-state index in [1.807, 2.05) is 19.1 Å². The van der Waals surface area contributed by atoms with Gasteiger partial charge >= 0.3 is 0 Å². The topological polar surface area (TPSA) is 44.5 Å². The first-order valence-corrected chi connectivity index (χ1v) is 6.17. The van der Waals surface area contributed by atoms with Crippen molar-refractivity contribution in [3.8, 4) is 5.75 Å². The molecule has 0 bridgehead atoms. The third kappa shape index (κ3) is 2.41. The number of methoxy groups -OCH3 is 1. The molecule has 1 fully saturated rings. The highest BCUT2D eigenvalue weighted by Crippen LogP contribution is 2.39. The lowest BCUT2D eigenvalue weighted by molar-refractivity contribution is -0.00225. The Morgan fingerprint density at radius 3 is 2.88 bits per heavy atom. The van der Waals surface area contributed by atoms with E-state index >= 15 is 0 Å². The molecule has 1 aromatic carbocycles. The number of rotatable bonds is 3. The van der Waals surface area contributed by atoms with Crippen LogP contribution >= 0.6 is 11.6 Å². The number of halogens is 1. The molecule has 0 aliphatic carbocycles. The number of hydrogen-bond acceptors (Lipinski definition) is 3. The molecule has 2 unspecified atom stereocenters. The average molecular weight is 256 g/mol. The Bertz CT molecular complexity index is 402. The maximum Gasteiger partial charge on any atom is 0.123 e. The van der Waals surface area contributed by atoms with E-state index in [9.17, 15) is 0 Å². The van der Waals surface area contributed by atoms with Crippen LogP contribution in [0.2, 0.25) is 5.02 Å². The van der Waals surface area contributed by atoms with E-state index in [-0.39, 0.29) is 11.6 Å². The first-order chi connectivity index (χ1) is 8.07. The van der Waals surface area contributed by atoms with E-state index in [0.717, 1.165) is 30.8 Å². The summed E-state index contributed by atoms with van der Waals surface area (Å²) in [7, 11) is 1.64. The standard InChI is InChI=1S/C13H18ClNO2/c1-13(6-3-7-17-13)12(15)10-8-9(14)4-5-11(10)16-2/h4-5,8,12H,3,6-7,15H2,1-2H3. The lowest BCUT2D eigenvalue weighted by Crippen LogP contribution is -2.37. The Labute approximate surface area is 107 Å². The molecule has 0 amide bonds. The largest absolute Gasteiger partial charge is 0.496 e. The Morgan fingerprint density at radius 1 is 1.53 bits per heavy atom. The van der Waals surface area contributed by atoms with Gasteiger partial charge in [-0.1, -0.05) is 11.6 Å². The predicted molar refractivity (Wildman–Crippen MR) is 68.5 cm³/mol. The third-order valence-corrected chi connectivity index (χ3v) is 3.67. The molecule has 3 nitrogen and oxygen atoms in total. The monoisotopic (exact) mass is 255 g/mol. The van der Waals surface area contributed by atoms with Gasteiger partial charge in [0.05, 0.1) is 18.8 Å². The SMILES string of the molecule is COc1ccc(Cl)cc1C(N)C1(C)CCCO1. The summed E-state index contributed by atoms with van der Waals surface area (Å²) in [5, 5.41) is 0.665. The van der Waals surface area contributed by atoms with Crippen LogP contribution in [0.25, 0.3) is 0 Å². The van der Waals surface area contributed by atoms with Crippen LogP contribution in [0.5, 0.6) is 5.75 Å². The van der Waals surface area contributed by atoms with Gasteiger partial charge in [-0.3, -0.25) is 0 Å². The zero-order chi connectivity index (χ0) is 12.5. The minimum Gasteiger partial charge on any atom is -0.496 e. The second-order valence-electron chi connectivity index (χ2n) is 4.63. The Hall–Kier alpha value is -0.770. The molecule has 0 radical (unpaired) electrons. The molecular formula is C13H18ClNO2. The van der Waals surface area contributed by atoms with E-state index < -0.39 is 0 Å². The number of hydrogen-bond donors (Lipinski definition) is 1. The minimum atomic E-state index is -0.321. The Balaban J connectivity index is 2.35. The van der Waals surface area contributed by atoms with Gasteiger partial charge in [-0.05, 0) is 38.0 Å². The minimum absolute atomic E-state index is 0.223. The van der Waals surface area contributed by atoms with Crippen LogP contribution in [0.1, 0.15) is 31.4 Å². The summed E-state index contributed by atoms with van der Waals surface area (Å²) in [5.74, 6) is 0.763. The van der Waals surface area contributed by atoms with Crippen LogP contribution in [-0.4, -0.2) is 19.3 Å². The quantitative estimate of drug-likeness (QED) is 0.903. The van der Waals surface area contributed by atoms with Crippen LogP contribution in [0.4, 0.5) is 0 Å². The highest BCUT2D eigenvalue weighted by Gasteiger charge is 2.38. The van der Waals surface area contributed by atoms with Crippen molar-refractivity contribution in [3.05, 3.63) is 28.8 Å². The van der Waals surface area contributed by atoms with Crippen molar-refractivity contribution in [2.75, 3.05) is 13.7 Å². The fraction of sp³-hybridized carbons (Fsp3) is 0.538. The summed E-state index contributed by atoms with van der Waals surface area (Å²) in [5.41, 5.74) is 6.90. The van der Waals surface area contributed by atoms with Crippen molar-refractivity contribution in [3.63, 3.8) is 0 Å². The molecular weight excluding hydrogens is 238 g/mol. The fourth-order valence-corrected chi connectivity index (χ4v) is 2.50. The number of nitrogens with two attached hydrogens (primary N) is 1. The summed E-state index contributed by atoms with van der Waals surface area (Å²) < 4.78 is 11.1. The van der Waals surface area contributed by atoms with Gasteiger partial charge in [0, 0.05) is 17.2 Å². The highest BCUT2D eigenvalue weighted by molar-refractivity contribution is 6.30. The lowest BCUT2D eigenvalue weighted by atomic mass is 9.88. The van der Waals surface area contributed by atoms with Crippen molar-refractivity contribution in [1.29, 1.82) is 0 Å². The van der Waals surface area contributed by atoms with Crippen molar-refractivity contribution >= 4 is 11.6 Å². The average Bonchev–Trinajstić information content (AvgIpc) is 2.76. The van der Waals surface area contributed by atoms with E-state index in [2.05, 4.69) is 0 Å². The predicted octanol–water partition coefficient (Wildman–Crippen LogP) is 2.92. The van der Waals surface area contributed by atoms with Gasteiger partial charge in [0.1, 0.15) is 5.75 Å². The fourth-order valence-electron chi connectivity index (χ4n) is 2.32. The van der Waals surface area contributed by atoms with Gasteiger partial charge in [0.15, 0.2) is 0 Å². The van der Waals surface area contributed by atoms with E-state index in [1.54, 1.807) is 13.2 Å². The first-order valence-electron chi connectivity index (χ1n) is 5.80. The van der Waals surface area contributed by atoms with E-state index in [4.69, 9.17) is 26.8 Å². The Kier molecular flexibility index (Phi) is 3.61. The Morgan fingerprint density at radius 2 is 2.29 bits per heavy atom. The summed E-state index contributed by atoms with van der Waals surface area (Å²) in [6.45, 7) is 2.82. The third-order valence-electron chi connectivity index (χ3n) is 3.43. The van der Waals surface area contributed by atoms with E-state index in [0.29, 0.717) is 5.02 Å². The van der Waals surface area contributed by atoms with Gasteiger partial charge < -0.3 is 15.2 Å². The zero-order valence-electron chi connectivity index (χ0n) is 10.2. The normalized spacial score (nSPS) is 25.9. The molecule has 0 aromatic heterocycles. The van der Waals surface area contributed by atoms with Gasteiger partial charge in [-0.15, -0.1) is 0 Å². The molecule has 1 saturated heterocycles. The molecule has 94 valence electrons. The molecule has 4 heteroatoms. The first kappa shape index (κ1) is 12.7. The van der Waals surface area contributed by atoms with Crippen molar-refractivity contribution < 1.29 is 9.47 Å². The van der Waals surface area contributed by atoms with Gasteiger partial charge in [0.2, 0.25) is 0 Å². The van der Waals surface area contributed by atoms with Crippen LogP contribution in [0.3, 0.4) is 0 Å². The van der Waals surface area contributed by atoms with E-state index in [1.165, 1.54) is 0 Å². The summed E-state index contributed by atoms with van der Waals surface area (Å²) in [6.07, 6.45) is 2.01. The molecule has 0 spiro atoms. The van der Waals surface area contributed by atoms with Crippen molar-refractivity contribution in [1.82, 2.24) is 0 Å². The summed E-state index contributed by atoms with van der Waals surface area (Å²) in [4.78, 5) is 0. The maximum absolute atomic E-state index is 6.32. The maximum atomic E-state index is 6.32. The smallest absolute Gasteiger partial charge is 0.123 e. The summed E-state index contributed by atoms with van der Waals surface area (Å²) >= 11 is 6.02. The van der Waals surface area contributed by atoms with Crippen LogP contribution < -0.4 is 10.5 Å². The summed E-state index contributed by atoms with van der Waals surface area (Å²) in [6, 6.07) is 5.28. The van der Waals surface area contributed by atoms with Crippen molar-refractivity contribution in [2.45, 2.75) is 31.4 Å². The van der Waals surface area contributed by atoms with Gasteiger partial charge in [0.25, 0.3) is 0 Å². The number of benzene rings is 1. The van der Waals surface area contributed by atoms with Crippen LogP contribution in [0, 0.1) is 0 Å². The van der Waals surface area contributed by atoms with Crippen LogP contribution in [-0.2, 0) is 4.74 Å². The van der Waals surface area contributed by atoms with Crippen LogP contribution in [0.15, 0.2) is 18.2 Å². The van der Waals surface area contributed by atoms with Gasteiger partial charge in [-0.2, -0.15) is 0 Å². The highest BCUT2D eigenvalue weighted by atomic mass is 35.5. The molecule has 1 aromatic rings. The molecule has 2 N–H and O–H groups in total. The number of ether oxygens (including phenoxy) is 2. The lowest BCUT2D eigenvalue weighted by Gasteiger charge is -2.31. The zero-order valence-corrected chi connectivity index (χ0v) is 11.0. The molecule has 2 rings (SSSR count). The van der Waals surface area contributed by atoms with Crippen molar-refractivity contribution in [2.24, 2.45) is 5.73 Å². The molecule has 1 aliphatic rings. The second kappa shape index (κ2) is 4.84.